The summed E-state index contributed by atoms with van der Waals surface area (Å²) >= 11 is 0. The summed E-state index contributed by atoms with van der Waals surface area (Å²) in [5.74, 6) is 0.754. The number of aromatic nitrogens is 2. The average Bonchev–Trinajstić information content (AvgIpc) is 2.59. The molecule has 1 heterocycles. The van der Waals surface area contributed by atoms with E-state index < -0.39 is 11.0 Å². The van der Waals surface area contributed by atoms with Crippen molar-refractivity contribution < 1.29 is 8.95 Å². The molecule has 0 N–H and O–H groups in total. The zero-order valence-corrected chi connectivity index (χ0v) is 8.75. The van der Waals surface area contributed by atoms with Crippen molar-refractivity contribution in [3.05, 3.63) is 24.5 Å². The Morgan fingerprint density at radius 3 is 2.93 bits per heavy atom. The number of nitrogens with zero attached hydrogens (tertiary/aromatic N) is 2. The maximum absolute atomic E-state index is 11.3. The molecular formula is C9H10N2O2S. The van der Waals surface area contributed by atoms with Crippen LogP contribution in [0, 0.1) is 0 Å². The fourth-order valence-corrected chi connectivity index (χ4v) is 1.91. The summed E-state index contributed by atoms with van der Waals surface area (Å²) in [6.07, 6.45) is 3.19. The van der Waals surface area contributed by atoms with Gasteiger partial charge in [0.15, 0.2) is 0 Å². The van der Waals surface area contributed by atoms with Gasteiger partial charge in [-0.3, -0.25) is 0 Å². The van der Waals surface area contributed by atoms with Crippen LogP contribution in [0.4, 0.5) is 0 Å². The Kier molecular flexibility index (Phi) is 2.25. The monoisotopic (exact) mass is 210 g/mol. The van der Waals surface area contributed by atoms with E-state index in [4.69, 9.17) is 4.74 Å². The Morgan fingerprint density at radius 2 is 2.29 bits per heavy atom. The van der Waals surface area contributed by atoms with Gasteiger partial charge in [-0.1, -0.05) is 0 Å². The average molecular weight is 210 g/mol. The number of methoxy groups -OCH3 is 1. The molecule has 14 heavy (non-hydrogen) atoms. The van der Waals surface area contributed by atoms with Gasteiger partial charge >= 0.3 is 0 Å². The van der Waals surface area contributed by atoms with E-state index in [-0.39, 0.29) is 0 Å². The first-order chi connectivity index (χ1) is 6.72. The van der Waals surface area contributed by atoms with Crippen molar-refractivity contribution in [3.63, 3.8) is 0 Å². The summed E-state index contributed by atoms with van der Waals surface area (Å²) in [5, 5.41) is 0. The summed E-state index contributed by atoms with van der Waals surface area (Å²) in [7, 11) is 0.540. The number of ether oxygens (including phenoxy) is 1. The minimum absolute atomic E-state index is 0.754. The van der Waals surface area contributed by atoms with Crippen molar-refractivity contribution >= 4 is 22.0 Å². The summed E-state index contributed by atoms with van der Waals surface area (Å²) in [6, 6.07) is 5.49. The smallest absolute Gasteiger partial charge is 0.122 e. The number of imidazole rings is 1. The predicted molar refractivity (Wildman–Crippen MR) is 55.7 cm³/mol. The van der Waals surface area contributed by atoms with Crippen LogP contribution >= 0.6 is 0 Å². The highest BCUT2D eigenvalue weighted by molar-refractivity contribution is 7.82. The van der Waals surface area contributed by atoms with Crippen LogP contribution in [0.25, 0.3) is 11.0 Å². The van der Waals surface area contributed by atoms with Crippen molar-refractivity contribution in [1.29, 1.82) is 0 Å². The summed E-state index contributed by atoms with van der Waals surface area (Å²) < 4.78 is 18.0. The van der Waals surface area contributed by atoms with Crippen LogP contribution in [0.1, 0.15) is 0 Å². The molecule has 0 radical (unpaired) electrons. The van der Waals surface area contributed by atoms with Crippen molar-refractivity contribution in [2.75, 3.05) is 13.4 Å². The Balaban J connectivity index is 2.65. The molecule has 74 valence electrons. The molecule has 5 heteroatoms. The molecule has 4 nitrogen and oxygen atoms in total. The van der Waals surface area contributed by atoms with E-state index in [1.54, 1.807) is 23.7 Å². The summed E-state index contributed by atoms with van der Waals surface area (Å²) in [4.78, 5) is 4.14. The molecule has 1 unspecified atom stereocenters. The number of rotatable bonds is 2. The molecule has 2 rings (SSSR count). The molecule has 0 saturated carbocycles. The van der Waals surface area contributed by atoms with Gasteiger partial charge in [-0.25, -0.2) is 13.2 Å². The molecule has 1 aromatic heterocycles. The fraction of sp³-hybridized carbons (Fsp3) is 0.222. The van der Waals surface area contributed by atoms with Gasteiger partial charge in [0.2, 0.25) is 0 Å². The molecule has 0 fully saturated rings. The minimum atomic E-state index is -1.07. The Bertz CT molecular complexity index is 493. The minimum Gasteiger partial charge on any atom is -0.497 e. The first-order valence-electron chi connectivity index (χ1n) is 4.07. The van der Waals surface area contributed by atoms with Gasteiger partial charge in [0.05, 0.1) is 18.1 Å². The summed E-state index contributed by atoms with van der Waals surface area (Å²) in [6.45, 7) is 0. The van der Waals surface area contributed by atoms with E-state index in [9.17, 15) is 4.21 Å². The third-order valence-electron chi connectivity index (χ3n) is 2.00. The van der Waals surface area contributed by atoms with Crippen LogP contribution in [0.3, 0.4) is 0 Å². The highest BCUT2D eigenvalue weighted by atomic mass is 32.2. The molecule has 0 bridgehead atoms. The van der Waals surface area contributed by atoms with Crippen molar-refractivity contribution in [3.8, 4) is 5.75 Å². The number of hydrogen-bond acceptors (Lipinski definition) is 3. The number of hydrogen-bond donors (Lipinski definition) is 0. The molecule has 1 aromatic carbocycles. The van der Waals surface area contributed by atoms with Crippen LogP contribution in [0.2, 0.25) is 0 Å². The first kappa shape index (κ1) is 9.21. The van der Waals surface area contributed by atoms with Crippen molar-refractivity contribution in [2.45, 2.75) is 0 Å². The van der Waals surface area contributed by atoms with Gasteiger partial charge in [-0.15, -0.1) is 0 Å². The van der Waals surface area contributed by atoms with E-state index in [0.717, 1.165) is 16.8 Å². The van der Waals surface area contributed by atoms with Gasteiger partial charge in [0.25, 0.3) is 0 Å². The van der Waals surface area contributed by atoms with Crippen LogP contribution in [0.15, 0.2) is 24.5 Å². The second-order valence-corrected chi connectivity index (χ2v) is 4.09. The first-order valence-corrected chi connectivity index (χ1v) is 5.59. The van der Waals surface area contributed by atoms with Gasteiger partial charge in [0, 0.05) is 12.3 Å². The number of benzene rings is 1. The van der Waals surface area contributed by atoms with Gasteiger partial charge < -0.3 is 4.74 Å². The molecule has 0 aliphatic heterocycles. The fourth-order valence-electron chi connectivity index (χ4n) is 1.30. The van der Waals surface area contributed by atoms with E-state index in [1.165, 1.54) is 0 Å². The maximum Gasteiger partial charge on any atom is 0.122 e. The second kappa shape index (κ2) is 3.42. The van der Waals surface area contributed by atoms with E-state index >= 15 is 0 Å². The largest absolute Gasteiger partial charge is 0.497 e. The zero-order valence-electron chi connectivity index (χ0n) is 7.93. The molecule has 0 aliphatic rings. The Hall–Kier alpha value is -1.36. The molecule has 1 atom stereocenters. The lowest BCUT2D eigenvalue weighted by molar-refractivity contribution is 0.415. The van der Waals surface area contributed by atoms with Gasteiger partial charge in [0.1, 0.15) is 23.1 Å². The molecule has 2 aromatic rings. The molecule has 0 amide bonds. The molecule has 0 aliphatic carbocycles. The van der Waals surface area contributed by atoms with Crippen LogP contribution in [0.5, 0.6) is 5.75 Å². The van der Waals surface area contributed by atoms with Crippen LogP contribution < -0.4 is 4.74 Å². The second-order valence-electron chi connectivity index (χ2n) is 2.85. The quantitative estimate of drug-likeness (QED) is 0.747. The normalized spacial score (nSPS) is 13.0. The third-order valence-corrected chi connectivity index (χ3v) is 2.84. The molecule has 0 spiro atoms. The topological polar surface area (TPSA) is 44.1 Å². The Labute approximate surface area is 84.1 Å². The highest BCUT2D eigenvalue weighted by Crippen LogP contribution is 2.19. The van der Waals surface area contributed by atoms with E-state index in [1.807, 2.05) is 18.2 Å². The highest BCUT2D eigenvalue weighted by Gasteiger charge is 2.05. The Morgan fingerprint density at radius 1 is 1.50 bits per heavy atom. The zero-order chi connectivity index (χ0) is 10.1. The van der Waals surface area contributed by atoms with Gasteiger partial charge in [-0.2, -0.15) is 0 Å². The van der Waals surface area contributed by atoms with Crippen LogP contribution in [-0.4, -0.2) is 26.5 Å². The van der Waals surface area contributed by atoms with Crippen molar-refractivity contribution in [1.82, 2.24) is 8.96 Å². The lowest BCUT2D eigenvalue weighted by Crippen LogP contribution is -1.98. The SMILES string of the molecule is COc1ccc2c(c1)ncn2S(C)=O. The summed E-state index contributed by atoms with van der Waals surface area (Å²) in [5.41, 5.74) is 1.64. The van der Waals surface area contributed by atoms with Crippen molar-refractivity contribution in [2.24, 2.45) is 0 Å². The predicted octanol–water partition coefficient (Wildman–Crippen LogP) is 1.19. The maximum atomic E-state index is 11.3. The van der Waals surface area contributed by atoms with E-state index in [2.05, 4.69) is 4.98 Å². The lowest BCUT2D eigenvalue weighted by atomic mass is 10.3. The van der Waals surface area contributed by atoms with Crippen LogP contribution in [-0.2, 0) is 11.0 Å². The van der Waals surface area contributed by atoms with E-state index in [0.29, 0.717) is 0 Å². The number of fused-ring (bicyclic) bond motifs is 1. The third kappa shape index (κ3) is 1.39. The lowest BCUT2D eigenvalue weighted by Gasteiger charge is -2.00. The van der Waals surface area contributed by atoms with Gasteiger partial charge in [-0.05, 0) is 12.1 Å². The molecular weight excluding hydrogens is 200 g/mol. The standard InChI is InChI=1S/C9H10N2O2S/c1-13-7-3-4-9-8(5-7)10-6-11(9)14(2)12/h3-6H,1-2H3. The molecule has 0 saturated heterocycles.